The van der Waals surface area contributed by atoms with Crippen molar-refractivity contribution in [2.75, 3.05) is 13.1 Å². The van der Waals surface area contributed by atoms with Gasteiger partial charge in [-0.25, -0.2) is 9.98 Å². The van der Waals surface area contributed by atoms with Gasteiger partial charge in [0.1, 0.15) is 5.01 Å². The molecule has 0 amide bonds. The molecule has 0 fully saturated rings. The summed E-state index contributed by atoms with van der Waals surface area (Å²) in [6.45, 7) is 6.53. The van der Waals surface area contributed by atoms with Crippen molar-refractivity contribution in [1.29, 1.82) is 0 Å². The Morgan fingerprint density at radius 3 is 2.92 bits per heavy atom. The molecule has 0 unspecified atom stereocenters. The Kier molecular flexibility index (Phi) is 6.06. The van der Waals surface area contributed by atoms with E-state index in [1.54, 1.807) is 11.3 Å². The topological polar surface area (TPSA) is 65.1 Å². The van der Waals surface area contributed by atoms with E-state index in [9.17, 15) is 0 Å². The van der Waals surface area contributed by atoms with E-state index in [2.05, 4.69) is 69.9 Å². The first kappa shape index (κ1) is 17.5. The minimum absolute atomic E-state index is 0.618. The quantitative estimate of drug-likeness (QED) is 0.449. The number of hydrogen-bond acceptors (Lipinski definition) is 3. The average molecular weight is 356 g/mol. The van der Waals surface area contributed by atoms with Crippen LogP contribution in [-0.4, -0.2) is 29.0 Å². The first-order valence-electron chi connectivity index (χ1n) is 8.81. The number of aryl methyl sites for hydroxylation is 1. The second-order valence-electron chi connectivity index (χ2n) is 5.81. The molecule has 0 radical (unpaired) electrons. The number of aliphatic imine (C=N–C) groups is 1. The van der Waals surface area contributed by atoms with Crippen molar-refractivity contribution in [1.82, 2.24) is 20.6 Å². The van der Waals surface area contributed by atoms with Gasteiger partial charge in [0, 0.05) is 41.3 Å². The normalized spacial score (nSPS) is 11.8. The number of aromatic nitrogens is 2. The molecule has 132 valence electrons. The molecule has 0 bridgehead atoms. The van der Waals surface area contributed by atoms with Crippen molar-refractivity contribution in [2.24, 2.45) is 4.99 Å². The maximum atomic E-state index is 4.65. The molecule has 6 heteroatoms. The number of benzene rings is 1. The second kappa shape index (κ2) is 8.67. The van der Waals surface area contributed by atoms with Gasteiger partial charge >= 0.3 is 0 Å². The minimum Gasteiger partial charge on any atom is -0.361 e. The van der Waals surface area contributed by atoms with E-state index in [0.717, 1.165) is 36.9 Å². The second-order valence-corrected chi connectivity index (χ2v) is 7.01. The summed E-state index contributed by atoms with van der Waals surface area (Å²) in [5.41, 5.74) is 2.51. The van der Waals surface area contributed by atoms with Gasteiger partial charge in [-0.2, -0.15) is 0 Å². The number of aromatic amines is 1. The van der Waals surface area contributed by atoms with Crippen molar-refractivity contribution in [3.05, 3.63) is 52.1 Å². The maximum absolute atomic E-state index is 4.65. The minimum atomic E-state index is 0.618. The number of para-hydroxylation sites is 1. The van der Waals surface area contributed by atoms with Crippen LogP contribution in [0.15, 0.2) is 41.7 Å². The van der Waals surface area contributed by atoms with Crippen molar-refractivity contribution in [3.8, 4) is 0 Å². The first-order valence-corrected chi connectivity index (χ1v) is 9.62. The Labute approximate surface area is 152 Å². The number of nitrogens with zero attached hydrogens (tertiary/aromatic N) is 2. The van der Waals surface area contributed by atoms with Crippen LogP contribution in [0.2, 0.25) is 0 Å². The summed E-state index contributed by atoms with van der Waals surface area (Å²) in [7, 11) is 0. The number of guanidine groups is 1. The van der Waals surface area contributed by atoms with Crippen LogP contribution >= 0.6 is 11.3 Å². The zero-order valence-electron chi connectivity index (χ0n) is 14.8. The molecule has 0 saturated carbocycles. The number of thiazole rings is 1. The van der Waals surface area contributed by atoms with Gasteiger partial charge in [-0.1, -0.05) is 25.1 Å². The summed E-state index contributed by atoms with van der Waals surface area (Å²) in [4.78, 5) is 13.7. The van der Waals surface area contributed by atoms with E-state index in [0.29, 0.717) is 6.54 Å². The third-order valence-corrected chi connectivity index (χ3v) is 5.15. The van der Waals surface area contributed by atoms with Gasteiger partial charge in [-0.15, -0.1) is 11.3 Å². The monoisotopic (exact) mass is 355 g/mol. The lowest BCUT2D eigenvalue weighted by molar-refractivity contribution is 0.801. The third kappa shape index (κ3) is 4.60. The number of rotatable bonds is 7. The van der Waals surface area contributed by atoms with E-state index in [4.69, 9.17) is 0 Å². The van der Waals surface area contributed by atoms with Crippen LogP contribution in [0.3, 0.4) is 0 Å². The molecular formula is C19H25N5S. The van der Waals surface area contributed by atoms with Crippen molar-refractivity contribution in [3.63, 3.8) is 0 Å². The molecule has 3 aromatic rings. The van der Waals surface area contributed by atoms with Crippen LogP contribution in [0.1, 0.15) is 29.3 Å². The molecule has 0 saturated heterocycles. The Bertz CT molecular complexity index is 833. The van der Waals surface area contributed by atoms with E-state index in [1.807, 2.05) is 6.20 Å². The van der Waals surface area contributed by atoms with Gasteiger partial charge in [0.05, 0.1) is 6.54 Å². The van der Waals surface area contributed by atoms with E-state index in [1.165, 1.54) is 21.3 Å². The van der Waals surface area contributed by atoms with Gasteiger partial charge < -0.3 is 15.6 Å². The first-order chi connectivity index (χ1) is 12.3. The van der Waals surface area contributed by atoms with Crippen molar-refractivity contribution in [2.45, 2.75) is 33.2 Å². The van der Waals surface area contributed by atoms with Gasteiger partial charge in [0.25, 0.3) is 0 Å². The molecule has 0 spiro atoms. The lowest BCUT2D eigenvalue weighted by Gasteiger charge is -2.10. The summed E-state index contributed by atoms with van der Waals surface area (Å²) in [6, 6.07) is 8.40. The molecular weight excluding hydrogens is 330 g/mol. The zero-order chi connectivity index (χ0) is 17.5. The molecule has 0 aliphatic carbocycles. The Morgan fingerprint density at radius 1 is 1.24 bits per heavy atom. The van der Waals surface area contributed by atoms with Gasteiger partial charge in [0.15, 0.2) is 5.96 Å². The SMILES string of the molecule is CCNC(=NCc1ncc(CC)s1)NCCc1c[nH]c2ccccc12. The third-order valence-electron chi connectivity index (χ3n) is 4.03. The summed E-state index contributed by atoms with van der Waals surface area (Å²) in [5, 5.41) is 9.07. The highest BCUT2D eigenvalue weighted by Crippen LogP contribution is 2.17. The van der Waals surface area contributed by atoms with Crippen LogP contribution < -0.4 is 10.6 Å². The average Bonchev–Trinajstić information content (AvgIpc) is 3.26. The van der Waals surface area contributed by atoms with Crippen molar-refractivity contribution < 1.29 is 0 Å². The molecule has 2 heterocycles. The highest BCUT2D eigenvalue weighted by molar-refractivity contribution is 7.11. The molecule has 0 atom stereocenters. The smallest absolute Gasteiger partial charge is 0.191 e. The molecule has 5 nitrogen and oxygen atoms in total. The van der Waals surface area contributed by atoms with Gasteiger partial charge in [0.2, 0.25) is 0 Å². The number of H-pyrrole nitrogens is 1. The molecule has 3 N–H and O–H groups in total. The maximum Gasteiger partial charge on any atom is 0.191 e. The fourth-order valence-corrected chi connectivity index (χ4v) is 3.51. The van der Waals surface area contributed by atoms with Crippen molar-refractivity contribution >= 4 is 28.2 Å². The number of hydrogen-bond donors (Lipinski definition) is 3. The number of nitrogens with one attached hydrogen (secondary N) is 3. The predicted octanol–water partition coefficient (Wildman–Crippen LogP) is 3.48. The summed E-state index contributed by atoms with van der Waals surface area (Å²) < 4.78 is 0. The number of fused-ring (bicyclic) bond motifs is 1. The highest BCUT2D eigenvalue weighted by Gasteiger charge is 2.04. The Morgan fingerprint density at radius 2 is 2.12 bits per heavy atom. The summed E-state index contributed by atoms with van der Waals surface area (Å²) in [5.74, 6) is 0.843. The molecule has 0 aliphatic heterocycles. The fraction of sp³-hybridized carbons (Fsp3) is 0.368. The largest absolute Gasteiger partial charge is 0.361 e. The van der Waals surface area contributed by atoms with Gasteiger partial charge in [-0.05, 0) is 31.4 Å². The van der Waals surface area contributed by atoms with Crippen LogP contribution in [-0.2, 0) is 19.4 Å². The highest BCUT2D eigenvalue weighted by atomic mass is 32.1. The molecule has 2 aromatic heterocycles. The van der Waals surface area contributed by atoms with E-state index < -0.39 is 0 Å². The summed E-state index contributed by atoms with van der Waals surface area (Å²) in [6.07, 6.45) is 6.03. The standard InChI is InChI=1S/C19H25N5S/c1-3-15-12-23-18(25-15)13-24-19(20-4-2)21-10-9-14-11-22-17-8-6-5-7-16(14)17/h5-8,11-12,22H,3-4,9-10,13H2,1-2H3,(H2,20,21,24). The van der Waals surface area contributed by atoms with Crippen LogP contribution in [0.25, 0.3) is 10.9 Å². The molecule has 1 aromatic carbocycles. The lowest BCUT2D eigenvalue weighted by Crippen LogP contribution is -2.38. The summed E-state index contributed by atoms with van der Waals surface area (Å²) >= 11 is 1.74. The predicted molar refractivity (Wildman–Crippen MR) is 106 cm³/mol. The van der Waals surface area contributed by atoms with Gasteiger partial charge in [-0.3, -0.25) is 0 Å². The molecule has 25 heavy (non-hydrogen) atoms. The Balaban J connectivity index is 1.57. The Hall–Kier alpha value is -2.34. The van der Waals surface area contributed by atoms with E-state index in [-0.39, 0.29) is 0 Å². The van der Waals surface area contributed by atoms with Crippen LogP contribution in [0.5, 0.6) is 0 Å². The lowest BCUT2D eigenvalue weighted by atomic mass is 10.1. The van der Waals surface area contributed by atoms with Crippen LogP contribution in [0.4, 0.5) is 0 Å². The zero-order valence-corrected chi connectivity index (χ0v) is 15.6. The van der Waals surface area contributed by atoms with Crippen LogP contribution in [0, 0.1) is 0 Å². The van der Waals surface area contributed by atoms with E-state index >= 15 is 0 Å². The molecule has 0 aliphatic rings. The fourth-order valence-electron chi connectivity index (χ4n) is 2.73. The molecule has 3 rings (SSSR count).